The Morgan fingerprint density at radius 2 is 2.18 bits per heavy atom. The smallest absolute Gasteiger partial charge is 0.332 e. The number of benzene rings is 1. The van der Waals surface area contributed by atoms with E-state index in [1.54, 1.807) is 24.3 Å². The van der Waals surface area contributed by atoms with Crippen LogP contribution in [0.15, 0.2) is 24.3 Å². The molecule has 1 aliphatic heterocycles. The van der Waals surface area contributed by atoms with Crippen molar-refractivity contribution in [2.45, 2.75) is 0 Å². The van der Waals surface area contributed by atoms with Crippen molar-refractivity contribution in [3.63, 3.8) is 0 Å². The van der Waals surface area contributed by atoms with Crippen LogP contribution in [0.3, 0.4) is 0 Å². The summed E-state index contributed by atoms with van der Waals surface area (Å²) in [4.78, 5) is 26.1. The van der Waals surface area contributed by atoms with Crippen molar-refractivity contribution in [3.05, 3.63) is 29.3 Å². The minimum Gasteiger partial charge on any atom is -0.341 e. The Kier molecular flexibility index (Phi) is 3.19. The zero-order valence-electron chi connectivity index (χ0n) is 9.31. The van der Waals surface area contributed by atoms with Crippen LogP contribution >= 0.6 is 11.6 Å². The first kappa shape index (κ1) is 11.7. The van der Waals surface area contributed by atoms with Gasteiger partial charge in [0, 0.05) is 24.3 Å². The van der Waals surface area contributed by atoms with E-state index in [9.17, 15) is 9.59 Å². The van der Waals surface area contributed by atoms with Crippen LogP contribution < -0.4 is 10.2 Å². The van der Waals surface area contributed by atoms with Gasteiger partial charge in [0.1, 0.15) is 0 Å². The van der Waals surface area contributed by atoms with Gasteiger partial charge in [0.05, 0.1) is 6.54 Å². The molecular formula is C11H12ClN3O2. The number of amides is 4. The van der Waals surface area contributed by atoms with E-state index < -0.39 is 0 Å². The second-order valence-corrected chi connectivity index (χ2v) is 4.06. The average Bonchev–Trinajstić information content (AvgIpc) is 2.70. The molecule has 0 radical (unpaired) electrons. The van der Waals surface area contributed by atoms with Crippen molar-refractivity contribution in [2.24, 2.45) is 0 Å². The molecule has 1 saturated heterocycles. The zero-order chi connectivity index (χ0) is 12.4. The Hall–Kier alpha value is -1.75. The number of hydrogen-bond donors (Lipinski definition) is 1. The fourth-order valence-corrected chi connectivity index (χ4v) is 1.93. The lowest BCUT2D eigenvalue weighted by atomic mass is 10.3. The lowest BCUT2D eigenvalue weighted by Crippen LogP contribution is -2.41. The van der Waals surface area contributed by atoms with Crippen LogP contribution in [0.2, 0.25) is 5.02 Å². The third-order valence-electron chi connectivity index (χ3n) is 2.59. The molecule has 4 amide bonds. The van der Waals surface area contributed by atoms with Crippen LogP contribution in [-0.4, -0.2) is 37.1 Å². The lowest BCUT2D eigenvalue weighted by molar-refractivity contribution is 0.202. The van der Waals surface area contributed by atoms with Crippen LogP contribution in [0.25, 0.3) is 0 Å². The summed E-state index contributed by atoms with van der Waals surface area (Å²) in [5.74, 6) is 0. The number of anilines is 1. The Labute approximate surface area is 104 Å². The number of hydrogen-bond acceptors (Lipinski definition) is 2. The maximum atomic E-state index is 12.0. The number of carbonyl (C=O) groups excluding carboxylic acids is 2. The van der Waals surface area contributed by atoms with Crippen LogP contribution in [-0.2, 0) is 0 Å². The largest absolute Gasteiger partial charge is 0.341 e. The number of urea groups is 2. The molecule has 6 heteroatoms. The maximum absolute atomic E-state index is 12.0. The molecule has 1 heterocycles. The number of halogens is 1. The quantitative estimate of drug-likeness (QED) is 0.831. The fourth-order valence-electron chi connectivity index (χ4n) is 1.74. The number of imide groups is 1. The Morgan fingerprint density at radius 3 is 2.82 bits per heavy atom. The van der Waals surface area contributed by atoms with Crippen molar-refractivity contribution >= 4 is 29.4 Å². The van der Waals surface area contributed by atoms with Gasteiger partial charge in [-0.2, -0.15) is 0 Å². The SMILES string of the molecule is CNC(=O)N1CCN(c2cccc(Cl)c2)C1=O. The zero-order valence-corrected chi connectivity index (χ0v) is 10.1. The van der Waals surface area contributed by atoms with Gasteiger partial charge >= 0.3 is 12.1 Å². The molecule has 2 rings (SSSR count). The predicted octanol–water partition coefficient (Wildman–Crippen LogP) is 1.92. The van der Waals surface area contributed by atoms with Crippen LogP contribution in [0.1, 0.15) is 0 Å². The topological polar surface area (TPSA) is 52.7 Å². The van der Waals surface area contributed by atoms with Gasteiger partial charge in [-0.1, -0.05) is 17.7 Å². The lowest BCUT2D eigenvalue weighted by Gasteiger charge is -2.17. The van der Waals surface area contributed by atoms with Crippen LogP contribution in [0, 0.1) is 0 Å². The third-order valence-corrected chi connectivity index (χ3v) is 2.82. The summed E-state index contributed by atoms with van der Waals surface area (Å²) in [6, 6.07) is 6.28. The first-order valence-electron chi connectivity index (χ1n) is 5.20. The molecule has 5 nitrogen and oxygen atoms in total. The Balaban J connectivity index is 2.20. The molecule has 1 aromatic rings. The van der Waals surface area contributed by atoms with Crippen molar-refractivity contribution < 1.29 is 9.59 Å². The van der Waals surface area contributed by atoms with E-state index >= 15 is 0 Å². The van der Waals surface area contributed by atoms with E-state index in [0.717, 1.165) is 0 Å². The van der Waals surface area contributed by atoms with E-state index in [1.165, 1.54) is 16.8 Å². The van der Waals surface area contributed by atoms with Crippen molar-refractivity contribution in [2.75, 3.05) is 25.0 Å². The standard InChI is InChI=1S/C11H12ClN3O2/c1-13-10(16)15-6-5-14(11(15)17)9-4-2-3-8(12)7-9/h2-4,7H,5-6H2,1H3,(H,13,16). The van der Waals surface area contributed by atoms with Gasteiger partial charge in [0.15, 0.2) is 0 Å². The molecule has 1 fully saturated rings. The van der Waals surface area contributed by atoms with E-state index in [-0.39, 0.29) is 12.1 Å². The molecule has 0 unspecified atom stereocenters. The molecule has 90 valence electrons. The fraction of sp³-hybridized carbons (Fsp3) is 0.273. The number of carbonyl (C=O) groups is 2. The van der Waals surface area contributed by atoms with E-state index in [4.69, 9.17) is 11.6 Å². The molecule has 0 bridgehead atoms. The average molecular weight is 254 g/mol. The first-order valence-corrected chi connectivity index (χ1v) is 5.57. The third kappa shape index (κ3) is 2.19. The summed E-state index contributed by atoms with van der Waals surface area (Å²) in [7, 11) is 1.50. The molecule has 0 aromatic heterocycles. The van der Waals surface area contributed by atoms with Gasteiger partial charge in [0.2, 0.25) is 0 Å². The van der Waals surface area contributed by atoms with E-state index in [2.05, 4.69) is 5.32 Å². The van der Waals surface area contributed by atoms with Gasteiger partial charge < -0.3 is 5.32 Å². The van der Waals surface area contributed by atoms with E-state index in [1.807, 2.05) is 0 Å². The minimum atomic E-state index is -0.389. The second kappa shape index (κ2) is 4.63. The summed E-state index contributed by atoms with van der Waals surface area (Å²) < 4.78 is 0. The first-order chi connectivity index (χ1) is 8.13. The molecule has 17 heavy (non-hydrogen) atoms. The normalized spacial score (nSPS) is 15.3. The van der Waals surface area contributed by atoms with Gasteiger partial charge in [0.25, 0.3) is 0 Å². The number of nitrogens with one attached hydrogen (secondary N) is 1. The van der Waals surface area contributed by atoms with Crippen LogP contribution in [0.5, 0.6) is 0 Å². The highest BCUT2D eigenvalue weighted by Crippen LogP contribution is 2.23. The molecule has 0 aliphatic carbocycles. The predicted molar refractivity (Wildman–Crippen MR) is 65.4 cm³/mol. The molecule has 1 aromatic carbocycles. The second-order valence-electron chi connectivity index (χ2n) is 3.62. The molecule has 1 N–H and O–H groups in total. The molecule has 0 atom stereocenters. The van der Waals surface area contributed by atoms with Gasteiger partial charge in [-0.25, -0.2) is 14.5 Å². The number of rotatable bonds is 1. The molecule has 1 aliphatic rings. The number of nitrogens with zero attached hydrogens (tertiary/aromatic N) is 2. The van der Waals surface area contributed by atoms with Gasteiger partial charge in [-0.05, 0) is 18.2 Å². The van der Waals surface area contributed by atoms with Crippen LogP contribution in [0.4, 0.5) is 15.3 Å². The minimum absolute atomic E-state index is 0.327. The highest BCUT2D eigenvalue weighted by atomic mass is 35.5. The molecular weight excluding hydrogens is 242 g/mol. The van der Waals surface area contributed by atoms with Crippen molar-refractivity contribution in [1.82, 2.24) is 10.2 Å². The van der Waals surface area contributed by atoms with E-state index in [0.29, 0.717) is 23.8 Å². The van der Waals surface area contributed by atoms with Crippen molar-refractivity contribution in [3.8, 4) is 0 Å². The summed E-state index contributed by atoms with van der Waals surface area (Å²) in [5, 5.41) is 3.00. The molecule has 0 saturated carbocycles. The highest BCUT2D eigenvalue weighted by Gasteiger charge is 2.33. The molecule has 0 spiro atoms. The Morgan fingerprint density at radius 1 is 1.41 bits per heavy atom. The maximum Gasteiger partial charge on any atom is 0.332 e. The summed E-state index contributed by atoms with van der Waals surface area (Å²) in [6.45, 7) is 0.859. The summed E-state index contributed by atoms with van der Waals surface area (Å²) >= 11 is 5.87. The Bertz CT molecular complexity index is 464. The monoisotopic (exact) mass is 253 g/mol. The van der Waals surface area contributed by atoms with Gasteiger partial charge in [-0.3, -0.25) is 4.90 Å². The summed E-state index contributed by atoms with van der Waals surface area (Å²) in [6.07, 6.45) is 0. The summed E-state index contributed by atoms with van der Waals surface area (Å²) in [5.41, 5.74) is 0.703. The van der Waals surface area contributed by atoms with Crippen molar-refractivity contribution in [1.29, 1.82) is 0 Å². The van der Waals surface area contributed by atoms with Gasteiger partial charge in [-0.15, -0.1) is 0 Å². The highest BCUT2D eigenvalue weighted by molar-refractivity contribution is 6.31.